The van der Waals surface area contributed by atoms with Crippen LogP contribution in [0, 0.1) is 0 Å². The number of rotatable bonds is 2. The van der Waals surface area contributed by atoms with Gasteiger partial charge in [-0.05, 0) is 19.1 Å². The minimum absolute atomic E-state index is 0.0290. The molecule has 1 heterocycles. The van der Waals surface area contributed by atoms with Gasteiger partial charge >= 0.3 is 6.55 Å². The molecular weight excluding hydrogens is 216 g/mol. The van der Waals surface area contributed by atoms with Crippen molar-refractivity contribution in [2.75, 3.05) is 0 Å². The van der Waals surface area contributed by atoms with Crippen molar-refractivity contribution in [1.82, 2.24) is 9.55 Å². The number of hydrogen-bond acceptors (Lipinski definition) is 3. The number of oxime groups is 1. The molecular formula is C10H9F2N3O. The molecule has 2 rings (SSSR count). The van der Waals surface area contributed by atoms with E-state index in [4.69, 9.17) is 5.21 Å². The highest BCUT2D eigenvalue weighted by Gasteiger charge is 2.19. The van der Waals surface area contributed by atoms with Crippen LogP contribution in [0.4, 0.5) is 8.78 Å². The number of benzene rings is 1. The van der Waals surface area contributed by atoms with Gasteiger partial charge in [-0.3, -0.25) is 4.57 Å². The summed E-state index contributed by atoms with van der Waals surface area (Å²) in [6, 6.07) is 6.53. The van der Waals surface area contributed by atoms with Gasteiger partial charge in [0.2, 0.25) is 0 Å². The number of halogens is 2. The van der Waals surface area contributed by atoms with Crippen LogP contribution in [0.15, 0.2) is 29.4 Å². The monoisotopic (exact) mass is 225 g/mol. The summed E-state index contributed by atoms with van der Waals surface area (Å²) in [5.74, 6) is -0.0290. The molecule has 0 saturated carbocycles. The first-order chi connectivity index (χ1) is 7.65. The highest BCUT2D eigenvalue weighted by atomic mass is 19.3. The van der Waals surface area contributed by atoms with Crippen LogP contribution in [-0.4, -0.2) is 20.5 Å². The van der Waals surface area contributed by atoms with E-state index in [2.05, 4.69) is 10.1 Å². The number of nitrogens with zero attached hydrogens (tertiary/aromatic N) is 3. The molecule has 84 valence electrons. The van der Waals surface area contributed by atoms with Crippen LogP contribution in [0.25, 0.3) is 11.0 Å². The molecule has 16 heavy (non-hydrogen) atoms. The van der Waals surface area contributed by atoms with E-state index in [-0.39, 0.29) is 11.5 Å². The van der Waals surface area contributed by atoms with Crippen molar-refractivity contribution in [1.29, 1.82) is 0 Å². The summed E-state index contributed by atoms with van der Waals surface area (Å²) in [5, 5.41) is 11.5. The molecule has 2 aromatic rings. The molecule has 1 N–H and O–H groups in total. The van der Waals surface area contributed by atoms with Gasteiger partial charge in [-0.2, -0.15) is 8.78 Å². The third-order valence-electron chi connectivity index (χ3n) is 2.26. The molecule has 0 aliphatic carbocycles. The Kier molecular flexibility index (Phi) is 2.55. The van der Waals surface area contributed by atoms with E-state index in [1.54, 1.807) is 24.3 Å². The average Bonchev–Trinajstić information content (AvgIpc) is 2.67. The lowest BCUT2D eigenvalue weighted by Crippen LogP contribution is -2.09. The Labute approximate surface area is 89.8 Å². The van der Waals surface area contributed by atoms with Crippen molar-refractivity contribution in [3.63, 3.8) is 0 Å². The lowest BCUT2D eigenvalue weighted by molar-refractivity contribution is 0.0739. The molecule has 0 saturated heterocycles. The largest absolute Gasteiger partial charge is 0.411 e. The van der Waals surface area contributed by atoms with Crippen molar-refractivity contribution in [2.24, 2.45) is 5.16 Å². The Morgan fingerprint density at radius 3 is 2.75 bits per heavy atom. The maximum absolute atomic E-state index is 12.9. The van der Waals surface area contributed by atoms with E-state index in [1.807, 2.05) is 0 Å². The van der Waals surface area contributed by atoms with Gasteiger partial charge in [-0.25, -0.2) is 4.98 Å². The topological polar surface area (TPSA) is 50.4 Å². The molecule has 0 fully saturated rings. The average molecular weight is 225 g/mol. The van der Waals surface area contributed by atoms with Gasteiger partial charge in [-0.1, -0.05) is 17.3 Å². The fraction of sp³-hybridized carbons (Fsp3) is 0.200. The Balaban J connectivity index is 2.78. The number of para-hydroxylation sites is 2. The van der Waals surface area contributed by atoms with Crippen LogP contribution in [0.5, 0.6) is 0 Å². The molecule has 1 aromatic carbocycles. The van der Waals surface area contributed by atoms with E-state index in [1.165, 1.54) is 6.92 Å². The first kappa shape index (κ1) is 10.5. The predicted molar refractivity (Wildman–Crippen MR) is 55.0 cm³/mol. The molecule has 0 aliphatic heterocycles. The Hall–Kier alpha value is -1.98. The van der Waals surface area contributed by atoms with Gasteiger partial charge in [0, 0.05) is 0 Å². The van der Waals surface area contributed by atoms with Crippen LogP contribution in [0.3, 0.4) is 0 Å². The summed E-state index contributed by atoms with van der Waals surface area (Å²) in [7, 11) is 0. The molecule has 0 unspecified atom stereocenters. The first-order valence-electron chi connectivity index (χ1n) is 4.59. The fourth-order valence-electron chi connectivity index (χ4n) is 1.54. The van der Waals surface area contributed by atoms with E-state index in [0.717, 1.165) is 4.57 Å². The zero-order valence-electron chi connectivity index (χ0n) is 8.43. The van der Waals surface area contributed by atoms with E-state index < -0.39 is 6.55 Å². The third kappa shape index (κ3) is 1.52. The van der Waals surface area contributed by atoms with Crippen LogP contribution in [0.2, 0.25) is 0 Å². The molecule has 0 radical (unpaired) electrons. The van der Waals surface area contributed by atoms with Crippen LogP contribution >= 0.6 is 0 Å². The molecule has 0 amide bonds. The molecule has 4 nitrogen and oxygen atoms in total. The highest BCUT2D eigenvalue weighted by Crippen LogP contribution is 2.23. The summed E-state index contributed by atoms with van der Waals surface area (Å²) in [4.78, 5) is 4.00. The zero-order chi connectivity index (χ0) is 11.7. The lowest BCUT2D eigenvalue weighted by Gasteiger charge is -2.05. The van der Waals surface area contributed by atoms with Crippen molar-refractivity contribution < 1.29 is 14.0 Å². The Bertz CT molecular complexity index is 548. The summed E-state index contributed by atoms with van der Waals surface area (Å²) >= 11 is 0. The number of hydrogen-bond donors (Lipinski definition) is 1. The van der Waals surface area contributed by atoms with Gasteiger partial charge in [0.15, 0.2) is 5.82 Å². The summed E-state index contributed by atoms with van der Waals surface area (Å²) in [6.45, 7) is -1.31. The lowest BCUT2D eigenvalue weighted by atomic mass is 10.3. The van der Waals surface area contributed by atoms with Crippen molar-refractivity contribution in [2.45, 2.75) is 13.5 Å². The second kappa shape index (κ2) is 3.88. The summed E-state index contributed by atoms with van der Waals surface area (Å²) < 4.78 is 26.5. The van der Waals surface area contributed by atoms with Gasteiger partial charge in [-0.15, -0.1) is 0 Å². The van der Waals surface area contributed by atoms with Gasteiger partial charge in [0.1, 0.15) is 5.71 Å². The van der Waals surface area contributed by atoms with E-state index in [0.29, 0.717) is 11.0 Å². The summed E-state index contributed by atoms with van der Waals surface area (Å²) in [5.41, 5.74) is 0.813. The van der Waals surface area contributed by atoms with Crippen LogP contribution < -0.4 is 0 Å². The molecule has 0 bridgehead atoms. The van der Waals surface area contributed by atoms with Gasteiger partial charge in [0.25, 0.3) is 0 Å². The Morgan fingerprint density at radius 1 is 1.44 bits per heavy atom. The minimum Gasteiger partial charge on any atom is -0.411 e. The van der Waals surface area contributed by atoms with E-state index >= 15 is 0 Å². The molecule has 1 aromatic heterocycles. The molecule has 6 heteroatoms. The molecule has 0 spiro atoms. The second-order valence-electron chi connectivity index (χ2n) is 3.26. The summed E-state index contributed by atoms with van der Waals surface area (Å²) in [6.07, 6.45) is 0. The number of alkyl halides is 2. The van der Waals surface area contributed by atoms with Crippen LogP contribution in [0.1, 0.15) is 19.3 Å². The van der Waals surface area contributed by atoms with Crippen LogP contribution in [-0.2, 0) is 0 Å². The second-order valence-corrected chi connectivity index (χ2v) is 3.26. The SMILES string of the molecule is C/C(=N/O)c1nc2ccccc2n1C(F)F. The van der Waals surface area contributed by atoms with E-state index in [9.17, 15) is 8.78 Å². The molecule has 0 aliphatic rings. The standard InChI is InChI=1S/C10H9F2N3O/c1-6(14-16)9-13-7-4-2-3-5-8(7)15(9)10(11)12/h2-5,10,16H,1H3/b14-6-. The highest BCUT2D eigenvalue weighted by molar-refractivity contribution is 5.98. The Morgan fingerprint density at radius 2 is 2.12 bits per heavy atom. The van der Waals surface area contributed by atoms with Gasteiger partial charge in [0.05, 0.1) is 11.0 Å². The molecule has 0 atom stereocenters. The van der Waals surface area contributed by atoms with Crippen molar-refractivity contribution in [3.05, 3.63) is 30.1 Å². The number of imidazole rings is 1. The van der Waals surface area contributed by atoms with Gasteiger partial charge < -0.3 is 5.21 Å². The van der Waals surface area contributed by atoms with Crippen molar-refractivity contribution in [3.8, 4) is 0 Å². The van der Waals surface area contributed by atoms with Crippen molar-refractivity contribution >= 4 is 16.7 Å². The maximum Gasteiger partial charge on any atom is 0.320 e. The smallest absolute Gasteiger partial charge is 0.320 e. The zero-order valence-corrected chi connectivity index (χ0v) is 8.43. The first-order valence-corrected chi connectivity index (χ1v) is 4.59. The maximum atomic E-state index is 12.9. The number of fused-ring (bicyclic) bond motifs is 1. The fourth-order valence-corrected chi connectivity index (χ4v) is 1.54. The third-order valence-corrected chi connectivity index (χ3v) is 2.26. The quantitative estimate of drug-likeness (QED) is 0.485. The minimum atomic E-state index is -2.72. The number of aromatic nitrogens is 2. The predicted octanol–water partition coefficient (Wildman–Crippen LogP) is 2.63. The normalized spacial score (nSPS) is 12.6.